The first-order chi connectivity index (χ1) is 8.66. The van der Waals surface area contributed by atoms with E-state index in [2.05, 4.69) is 15.9 Å². The molecule has 0 aromatic carbocycles. The summed E-state index contributed by atoms with van der Waals surface area (Å²) >= 11 is 3.30. The van der Waals surface area contributed by atoms with Crippen LogP contribution in [0.3, 0.4) is 0 Å². The number of hydrogen-bond acceptors (Lipinski definition) is 2. The standard InChI is InChI=1S/C13H15BrN2O2/c1-15-9-8-12(14)18-11(9)7-10(15)13(17)16-5-3-2-4-6-16/h7-8H,2-6H2,1H3. The van der Waals surface area contributed by atoms with E-state index in [1.54, 1.807) is 0 Å². The van der Waals surface area contributed by atoms with Crippen molar-refractivity contribution in [1.82, 2.24) is 9.47 Å². The van der Waals surface area contributed by atoms with Crippen molar-refractivity contribution < 1.29 is 9.21 Å². The van der Waals surface area contributed by atoms with Crippen molar-refractivity contribution in [2.75, 3.05) is 13.1 Å². The number of rotatable bonds is 1. The molecule has 0 atom stereocenters. The summed E-state index contributed by atoms with van der Waals surface area (Å²) in [5.41, 5.74) is 2.41. The first-order valence-corrected chi connectivity index (χ1v) is 7.00. The van der Waals surface area contributed by atoms with Gasteiger partial charge in [0, 0.05) is 32.3 Å². The van der Waals surface area contributed by atoms with Crippen molar-refractivity contribution in [3.63, 3.8) is 0 Å². The van der Waals surface area contributed by atoms with E-state index in [0.29, 0.717) is 10.4 Å². The van der Waals surface area contributed by atoms with E-state index in [4.69, 9.17) is 4.42 Å². The third-order valence-corrected chi connectivity index (χ3v) is 3.95. The van der Waals surface area contributed by atoms with Crippen LogP contribution in [0.5, 0.6) is 0 Å². The second-order valence-electron chi connectivity index (χ2n) is 4.74. The number of furan rings is 1. The quantitative estimate of drug-likeness (QED) is 0.811. The van der Waals surface area contributed by atoms with Gasteiger partial charge in [0.25, 0.3) is 5.91 Å². The lowest BCUT2D eigenvalue weighted by molar-refractivity contribution is 0.0715. The number of piperidine rings is 1. The van der Waals surface area contributed by atoms with Gasteiger partial charge in [0.15, 0.2) is 10.3 Å². The lowest BCUT2D eigenvalue weighted by atomic mass is 10.1. The highest BCUT2D eigenvalue weighted by Gasteiger charge is 2.22. The predicted molar refractivity (Wildman–Crippen MR) is 72.6 cm³/mol. The fourth-order valence-corrected chi connectivity index (χ4v) is 2.94. The Morgan fingerprint density at radius 2 is 2.00 bits per heavy atom. The zero-order chi connectivity index (χ0) is 12.7. The largest absolute Gasteiger partial charge is 0.448 e. The van der Waals surface area contributed by atoms with E-state index >= 15 is 0 Å². The molecule has 0 radical (unpaired) electrons. The Bertz CT molecular complexity index is 593. The van der Waals surface area contributed by atoms with Gasteiger partial charge in [0.2, 0.25) is 0 Å². The summed E-state index contributed by atoms with van der Waals surface area (Å²) in [6, 6.07) is 3.72. The molecule has 4 nitrogen and oxygen atoms in total. The van der Waals surface area contributed by atoms with Crippen LogP contribution in [0.2, 0.25) is 0 Å². The predicted octanol–water partition coefficient (Wildman–Crippen LogP) is 3.16. The second kappa shape index (κ2) is 4.46. The van der Waals surface area contributed by atoms with Gasteiger partial charge in [-0.25, -0.2) is 0 Å². The molecule has 3 heterocycles. The summed E-state index contributed by atoms with van der Waals surface area (Å²) in [4.78, 5) is 14.4. The third-order valence-electron chi connectivity index (χ3n) is 3.56. The molecular formula is C13H15BrN2O2. The van der Waals surface area contributed by atoms with Gasteiger partial charge in [-0.1, -0.05) is 0 Å². The monoisotopic (exact) mass is 310 g/mol. The molecule has 1 fully saturated rings. The molecule has 18 heavy (non-hydrogen) atoms. The fourth-order valence-electron chi connectivity index (χ4n) is 2.55. The Morgan fingerprint density at radius 1 is 1.28 bits per heavy atom. The topological polar surface area (TPSA) is 38.4 Å². The third kappa shape index (κ3) is 1.86. The lowest BCUT2D eigenvalue weighted by Crippen LogP contribution is -2.36. The maximum Gasteiger partial charge on any atom is 0.270 e. The van der Waals surface area contributed by atoms with E-state index in [9.17, 15) is 4.79 Å². The van der Waals surface area contributed by atoms with Crippen LogP contribution in [0.4, 0.5) is 0 Å². The molecule has 1 aliphatic rings. The molecule has 0 N–H and O–H groups in total. The highest BCUT2D eigenvalue weighted by atomic mass is 79.9. The van der Waals surface area contributed by atoms with E-state index in [-0.39, 0.29) is 5.91 Å². The number of likely N-dealkylation sites (tertiary alicyclic amines) is 1. The molecule has 2 aromatic heterocycles. The van der Waals surface area contributed by atoms with Gasteiger partial charge in [0.1, 0.15) is 5.69 Å². The highest BCUT2D eigenvalue weighted by molar-refractivity contribution is 9.10. The molecule has 5 heteroatoms. The van der Waals surface area contributed by atoms with Crippen molar-refractivity contribution in [2.45, 2.75) is 19.3 Å². The number of carbonyl (C=O) groups excluding carboxylic acids is 1. The number of aryl methyl sites for hydroxylation is 1. The van der Waals surface area contributed by atoms with Crippen LogP contribution in [0, 0.1) is 0 Å². The molecule has 1 saturated heterocycles. The molecule has 96 valence electrons. The molecule has 3 rings (SSSR count). The summed E-state index contributed by atoms with van der Waals surface area (Å²) in [6.07, 6.45) is 3.45. The summed E-state index contributed by atoms with van der Waals surface area (Å²) in [6.45, 7) is 1.74. The molecule has 0 bridgehead atoms. The molecule has 1 aliphatic heterocycles. The Balaban J connectivity index is 1.95. The van der Waals surface area contributed by atoms with Crippen LogP contribution < -0.4 is 0 Å². The Kier molecular flexibility index (Phi) is 2.93. The van der Waals surface area contributed by atoms with Gasteiger partial charge in [-0.2, -0.15) is 0 Å². The van der Waals surface area contributed by atoms with Crippen LogP contribution in [0.25, 0.3) is 11.1 Å². The zero-order valence-electron chi connectivity index (χ0n) is 10.3. The smallest absolute Gasteiger partial charge is 0.270 e. The summed E-state index contributed by atoms with van der Waals surface area (Å²) in [7, 11) is 1.90. The molecule has 0 spiro atoms. The number of amides is 1. The highest BCUT2D eigenvalue weighted by Crippen LogP contribution is 2.27. The van der Waals surface area contributed by atoms with Crippen LogP contribution in [-0.4, -0.2) is 28.5 Å². The van der Waals surface area contributed by atoms with E-state index < -0.39 is 0 Å². The van der Waals surface area contributed by atoms with Crippen molar-refractivity contribution in [3.8, 4) is 0 Å². The minimum atomic E-state index is 0.111. The summed E-state index contributed by atoms with van der Waals surface area (Å²) in [5, 5.41) is 0. The van der Waals surface area contributed by atoms with E-state index in [1.165, 1.54) is 6.42 Å². The zero-order valence-corrected chi connectivity index (χ0v) is 11.9. The first-order valence-electron chi connectivity index (χ1n) is 6.21. The van der Waals surface area contributed by atoms with Crippen molar-refractivity contribution in [1.29, 1.82) is 0 Å². The fraction of sp³-hybridized carbons (Fsp3) is 0.462. The molecule has 2 aromatic rings. The average molecular weight is 311 g/mol. The molecular weight excluding hydrogens is 296 g/mol. The number of carbonyl (C=O) groups is 1. The van der Waals surface area contributed by atoms with E-state index in [0.717, 1.165) is 37.0 Å². The second-order valence-corrected chi connectivity index (χ2v) is 5.52. The normalized spacial score (nSPS) is 16.4. The van der Waals surface area contributed by atoms with E-state index in [1.807, 2.05) is 28.6 Å². The average Bonchev–Trinajstić information content (AvgIpc) is 2.88. The van der Waals surface area contributed by atoms with Crippen molar-refractivity contribution >= 4 is 32.9 Å². The number of aromatic nitrogens is 1. The van der Waals surface area contributed by atoms with Gasteiger partial charge in [-0.05, 0) is 35.2 Å². The van der Waals surface area contributed by atoms with Crippen LogP contribution in [-0.2, 0) is 7.05 Å². The minimum Gasteiger partial charge on any atom is -0.448 e. The number of fused-ring (bicyclic) bond motifs is 1. The van der Waals surface area contributed by atoms with Crippen LogP contribution >= 0.6 is 15.9 Å². The van der Waals surface area contributed by atoms with Gasteiger partial charge < -0.3 is 13.9 Å². The van der Waals surface area contributed by atoms with Crippen LogP contribution in [0.1, 0.15) is 29.8 Å². The maximum absolute atomic E-state index is 12.4. The van der Waals surface area contributed by atoms with Gasteiger partial charge in [-0.15, -0.1) is 0 Å². The van der Waals surface area contributed by atoms with Crippen molar-refractivity contribution in [3.05, 3.63) is 22.5 Å². The first kappa shape index (κ1) is 11.8. The summed E-state index contributed by atoms with van der Waals surface area (Å²) in [5.74, 6) is 0.111. The van der Waals surface area contributed by atoms with Gasteiger partial charge in [0.05, 0.1) is 5.52 Å². The number of halogens is 1. The number of nitrogens with zero attached hydrogens (tertiary/aromatic N) is 2. The van der Waals surface area contributed by atoms with Gasteiger partial charge >= 0.3 is 0 Å². The maximum atomic E-state index is 12.4. The van der Waals surface area contributed by atoms with Gasteiger partial charge in [-0.3, -0.25) is 4.79 Å². The Labute approximate surface area is 114 Å². The SMILES string of the molecule is Cn1c(C(=O)N2CCCCC2)cc2oc(Br)cc21. The molecule has 0 aliphatic carbocycles. The van der Waals surface area contributed by atoms with Crippen LogP contribution in [0.15, 0.2) is 21.2 Å². The lowest BCUT2D eigenvalue weighted by Gasteiger charge is -2.26. The summed E-state index contributed by atoms with van der Waals surface area (Å²) < 4.78 is 8.09. The molecule has 1 amide bonds. The Morgan fingerprint density at radius 3 is 2.67 bits per heavy atom. The Hall–Kier alpha value is -1.23. The minimum absolute atomic E-state index is 0.111. The van der Waals surface area contributed by atoms with Crippen molar-refractivity contribution in [2.24, 2.45) is 7.05 Å². The number of hydrogen-bond donors (Lipinski definition) is 0. The molecule has 0 saturated carbocycles. The molecule has 0 unspecified atom stereocenters.